The molecule has 1 aromatic heterocycles. The summed E-state index contributed by atoms with van der Waals surface area (Å²) in [7, 11) is 1.51. The Labute approximate surface area is 265 Å². The minimum Gasteiger partial charge on any atom is -0.508 e. The highest BCUT2D eigenvalue weighted by Crippen LogP contribution is 2.30. The van der Waals surface area contributed by atoms with E-state index in [0.717, 1.165) is 22.4 Å². The number of aliphatic carboxylic acids is 1. The average molecular weight is 620 g/mol. The molecule has 0 aliphatic rings. The lowest BCUT2D eigenvalue weighted by atomic mass is 10.0. The summed E-state index contributed by atoms with van der Waals surface area (Å²) >= 11 is 0. The van der Waals surface area contributed by atoms with Gasteiger partial charge in [-0.15, -0.1) is 0 Å². The van der Waals surface area contributed by atoms with Crippen molar-refractivity contribution in [1.29, 1.82) is 0 Å². The van der Waals surface area contributed by atoms with Gasteiger partial charge in [0.1, 0.15) is 11.5 Å². The summed E-state index contributed by atoms with van der Waals surface area (Å²) in [5.74, 6) is -0.0934. The van der Waals surface area contributed by atoms with Crippen molar-refractivity contribution < 1.29 is 24.5 Å². The van der Waals surface area contributed by atoms with E-state index in [-0.39, 0.29) is 36.6 Å². The third kappa shape index (κ3) is 8.47. The molecule has 0 saturated heterocycles. The van der Waals surface area contributed by atoms with E-state index in [2.05, 4.69) is 30.9 Å². The first-order valence-corrected chi connectivity index (χ1v) is 14.5. The number of aromatic hydroxyl groups is 1. The minimum absolute atomic E-state index is 0.0537. The Kier molecular flexibility index (Phi) is 10.2. The van der Waals surface area contributed by atoms with Crippen molar-refractivity contribution in [2.45, 2.75) is 12.8 Å². The van der Waals surface area contributed by atoms with Gasteiger partial charge < -0.3 is 30.5 Å². The highest BCUT2D eigenvalue weighted by molar-refractivity contribution is 5.99. The second-order valence-corrected chi connectivity index (χ2v) is 10.1. The molecule has 0 unspecified atom stereocenters. The lowest BCUT2D eigenvalue weighted by molar-refractivity contribution is -0.136. The van der Waals surface area contributed by atoms with Gasteiger partial charge in [0.2, 0.25) is 17.8 Å². The maximum Gasteiger partial charge on any atom is 0.326 e. The molecule has 46 heavy (non-hydrogen) atoms. The number of nitrogens with zero attached hydrogens (tertiary/aromatic N) is 4. The van der Waals surface area contributed by atoms with E-state index in [1.165, 1.54) is 7.11 Å². The summed E-state index contributed by atoms with van der Waals surface area (Å²) in [6, 6.07) is 30.6. The number of ether oxygens (including phenoxy) is 1. The number of anilines is 5. The quantitative estimate of drug-likeness (QED) is 0.103. The fourth-order valence-corrected chi connectivity index (χ4v) is 4.67. The predicted octanol–water partition coefficient (Wildman–Crippen LogP) is 6.16. The third-order valence-electron chi connectivity index (χ3n) is 6.95. The van der Waals surface area contributed by atoms with Crippen LogP contribution in [0.2, 0.25) is 0 Å². The van der Waals surface area contributed by atoms with Gasteiger partial charge in [-0.2, -0.15) is 15.0 Å². The van der Waals surface area contributed by atoms with Crippen LogP contribution in [0.3, 0.4) is 0 Å². The summed E-state index contributed by atoms with van der Waals surface area (Å²) in [6.07, 6.45) is 0.347. The monoisotopic (exact) mass is 619 g/mol. The maximum atomic E-state index is 13.1. The topological polar surface area (TPSA) is 162 Å². The molecule has 0 bridgehead atoms. The molecule has 0 atom stereocenters. The zero-order valence-corrected chi connectivity index (χ0v) is 25.1. The van der Waals surface area contributed by atoms with Gasteiger partial charge >= 0.3 is 12.0 Å². The number of hydrogen-bond acceptors (Lipinski definition) is 9. The Morgan fingerprint density at radius 1 is 0.761 bits per heavy atom. The van der Waals surface area contributed by atoms with Crippen molar-refractivity contribution in [2.24, 2.45) is 0 Å². The summed E-state index contributed by atoms with van der Waals surface area (Å²) in [5, 5.41) is 27.8. The zero-order chi connectivity index (χ0) is 32.3. The minimum atomic E-state index is -0.978. The molecule has 2 amide bonds. The number of aromatic nitrogens is 3. The second-order valence-electron chi connectivity index (χ2n) is 10.1. The molecule has 4 aromatic carbocycles. The number of carboxylic acids is 1. The number of amides is 2. The number of phenolic OH excluding ortho intramolecular Hbond substituents is 1. The van der Waals surface area contributed by atoms with Gasteiger partial charge in [-0.25, -0.2) is 4.79 Å². The molecule has 1 heterocycles. The van der Waals surface area contributed by atoms with E-state index in [4.69, 9.17) is 4.74 Å². The third-order valence-corrected chi connectivity index (χ3v) is 6.95. The van der Waals surface area contributed by atoms with Gasteiger partial charge in [0, 0.05) is 24.3 Å². The molecule has 12 heteroatoms. The molecule has 0 fully saturated rings. The number of carbonyl (C=O) groups excluding carboxylic acids is 1. The van der Waals surface area contributed by atoms with Crippen LogP contribution in [-0.4, -0.2) is 57.4 Å². The summed E-state index contributed by atoms with van der Waals surface area (Å²) in [4.78, 5) is 40.0. The van der Waals surface area contributed by atoms with Crippen LogP contribution in [-0.2, 0) is 11.2 Å². The van der Waals surface area contributed by atoms with Crippen LogP contribution in [0.5, 0.6) is 11.5 Å². The molecule has 0 saturated carbocycles. The van der Waals surface area contributed by atoms with Gasteiger partial charge in [-0.1, -0.05) is 72.8 Å². The number of para-hydroxylation sites is 3. The first kappa shape index (κ1) is 31.3. The number of methoxy groups -OCH3 is 1. The van der Waals surface area contributed by atoms with E-state index in [1.807, 2.05) is 54.6 Å². The fourth-order valence-electron chi connectivity index (χ4n) is 4.67. The van der Waals surface area contributed by atoms with Crippen LogP contribution >= 0.6 is 0 Å². The molecule has 234 valence electrons. The first-order valence-electron chi connectivity index (χ1n) is 14.5. The van der Waals surface area contributed by atoms with E-state index >= 15 is 0 Å². The van der Waals surface area contributed by atoms with Crippen LogP contribution in [0.1, 0.15) is 12.0 Å². The standard InChI is InChI=1S/C34H33N7O5/c1-46-29-14-8-7-13-28(29)36-34(45)40-32-37-31(35-27-12-6-5-11-26(27)24-9-3-2-4-10-24)38-33(39-32)41(22-20-30(43)44)21-19-23-15-17-25(42)18-16-23/h2-18,42H,19-22H2,1H3,(H,43,44)(H3,35,36,37,38,39,40,45). The smallest absolute Gasteiger partial charge is 0.326 e. The zero-order valence-electron chi connectivity index (χ0n) is 25.1. The number of carbonyl (C=O) groups is 2. The Morgan fingerprint density at radius 3 is 2.17 bits per heavy atom. The highest BCUT2D eigenvalue weighted by Gasteiger charge is 2.18. The SMILES string of the molecule is COc1ccccc1NC(=O)Nc1nc(Nc2ccccc2-c2ccccc2)nc(N(CCC(=O)O)CCc2ccc(O)cc2)n1. The number of carboxylic acid groups (broad SMARTS) is 1. The molecule has 5 aromatic rings. The molecule has 5 N–H and O–H groups in total. The molecule has 12 nitrogen and oxygen atoms in total. The molecular weight excluding hydrogens is 586 g/mol. The van der Waals surface area contributed by atoms with Crippen LogP contribution < -0.4 is 25.6 Å². The van der Waals surface area contributed by atoms with E-state index in [1.54, 1.807) is 53.4 Å². The van der Waals surface area contributed by atoms with Crippen molar-refractivity contribution in [3.05, 3.63) is 109 Å². The van der Waals surface area contributed by atoms with Crippen molar-refractivity contribution in [3.63, 3.8) is 0 Å². The predicted molar refractivity (Wildman–Crippen MR) is 177 cm³/mol. The maximum absolute atomic E-state index is 13.1. The van der Waals surface area contributed by atoms with Gasteiger partial charge in [0.25, 0.3) is 0 Å². The molecule has 0 radical (unpaired) electrons. The van der Waals surface area contributed by atoms with Crippen molar-refractivity contribution in [1.82, 2.24) is 15.0 Å². The summed E-state index contributed by atoms with van der Waals surface area (Å²) in [5.41, 5.74) is 3.98. The van der Waals surface area contributed by atoms with Gasteiger partial charge in [0.05, 0.1) is 19.2 Å². The molecule has 0 aliphatic carbocycles. The number of urea groups is 1. The van der Waals surface area contributed by atoms with E-state index in [9.17, 15) is 19.8 Å². The summed E-state index contributed by atoms with van der Waals surface area (Å²) in [6.45, 7) is 0.458. The van der Waals surface area contributed by atoms with E-state index in [0.29, 0.717) is 24.4 Å². The second kappa shape index (κ2) is 15.0. The highest BCUT2D eigenvalue weighted by atomic mass is 16.5. The molecule has 5 rings (SSSR count). The number of rotatable bonds is 13. The summed E-state index contributed by atoms with van der Waals surface area (Å²) < 4.78 is 5.33. The number of benzene rings is 4. The number of hydrogen-bond donors (Lipinski definition) is 5. The van der Waals surface area contributed by atoms with Gasteiger partial charge in [0.15, 0.2) is 0 Å². The Morgan fingerprint density at radius 2 is 1.43 bits per heavy atom. The van der Waals surface area contributed by atoms with Gasteiger partial charge in [-0.3, -0.25) is 10.1 Å². The first-order chi connectivity index (χ1) is 22.4. The van der Waals surface area contributed by atoms with Crippen molar-refractivity contribution in [3.8, 4) is 22.6 Å². The molecular formula is C34H33N7O5. The normalized spacial score (nSPS) is 10.5. The number of nitrogens with one attached hydrogen (secondary N) is 3. The van der Waals surface area contributed by atoms with Gasteiger partial charge in [-0.05, 0) is 47.9 Å². The average Bonchev–Trinajstić information content (AvgIpc) is 3.06. The van der Waals surface area contributed by atoms with Crippen LogP contribution in [0.25, 0.3) is 11.1 Å². The molecule has 0 aliphatic heterocycles. The van der Waals surface area contributed by atoms with Crippen LogP contribution in [0.4, 0.5) is 34.0 Å². The largest absolute Gasteiger partial charge is 0.508 e. The van der Waals surface area contributed by atoms with Crippen LogP contribution in [0, 0.1) is 0 Å². The van der Waals surface area contributed by atoms with E-state index < -0.39 is 12.0 Å². The lowest BCUT2D eigenvalue weighted by Crippen LogP contribution is -2.31. The number of phenols is 1. The molecule has 0 spiro atoms. The Balaban J connectivity index is 1.48. The van der Waals surface area contributed by atoms with Crippen molar-refractivity contribution >= 4 is 41.2 Å². The fraction of sp³-hybridized carbons (Fsp3) is 0.147. The Bertz CT molecular complexity index is 1790. The lowest BCUT2D eigenvalue weighted by Gasteiger charge is -2.23. The van der Waals surface area contributed by atoms with Crippen LogP contribution in [0.15, 0.2) is 103 Å². The van der Waals surface area contributed by atoms with Crippen molar-refractivity contribution in [2.75, 3.05) is 41.0 Å². The Hall–Kier alpha value is -6.17.